The SMILES string of the molecule is Cn1ncc2c(OC(C)(C)C)nc(NCC(N)c3ccccc3)nc21. The van der Waals surface area contributed by atoms with Gasteiger partial charge in [-0.1, -0.05) is 30.3 Å². The van der Waals surface area contributed by atoms with Crippen molar-refractivity contribution in [1.29, 1.82) is 0 Å². The van der Waals surface area contributed by atoms with Crippen LogP contribution in [0.3, 0.4) is 0 Å². The lowest BCUT2D eigenvalue weighted by molar-refractivity contribution is 0.126. The van der Waals surface area contributed by atoms with Gasteiger partial charge in [-0.25, -0.2) is 0 Å². The fourth-order valence-electron chi connectivity index (χ4n) is 2.46. The molecule has 132 valence electrons. The van der Waals surface area contributed by atoms with Crippen molar-refractivity contribution in [3.8, 4) is 5.88 Å². The van der Waals surface area contributed by atoms with Gasteiger partial charge in [0, 0.05) is 19.6 Å². The molecule has 1 atom stereocenters. The Kier molecular flexibility index (Phi) is 4.59. The van der Waals surface area contributed by atoms with Gasteiger partial charge in [-0.3, -0.25) is 4.68 Å². The maximum atomic E-state index is 6.24. The maximum absolute atomic E-state index is 6.24. The molecule has 0 saturated carbocycles. The number of rotatable bonds is 5. The van der Waals surface area contributed by atoms with Crippen LogP contribution in [0.4, 0.5) is 5.95 Å². The molecule has 0 bridgehead atoms. The zero-order chi connectivity index (χ0) is 18.0. The summed E-state index contributed by atoms with van der Waals surface area (Å²) in [5, 5.41) is 8.25. The first-order chi connectivity index (χ1) is 11.8. The Morgan fingerprint density at radius 3 is 2.60 bits per heavy atom. The van der Waals surface area contributed by atoms with Crippen molar-refractivity contribution in [3.63, 3.8) is 0 Å². The summed E-state index contributed by atoms with van der Waals surface area (Å²) in [7, 11) is 1.84. The van der Waals surface area contributed by atoms with E-state index < -0.39 is 0 Å². The van der Waals surface area contributed by atoms with Crippen molar-refractivity contribution in [2.24, 2.45) is 12.8 Å². The van der Waals surface area contributed by atoms with Crippen LogP contribution in [0.5, 0.6) is 5.88 Å². The van der Waals surface area contributed by atoms with Gasteiger partial charge in [-0.05, 0) is 26.3 Å². The Bertz CT molecular complexity index is 853. The number of aryl methyl sites for hydroxylation is 1. The lowest BCUT2D eigenvalue weighted by Gasteiger charge is -2.21. The molecule has 1 unspecified atom stereocenters. The Hall–Kier alpha value is -2.67. The monoisotopic (exact) mass is 340 g/mol. The molecule has 0 amide bonds. The van der Waals surface area contributed by atoms with Crippen LogP contribution in [-0.2, 0) is 7.05 Å². The normalized spacial score (nSPS) is 13.0. The van der Waals surface area contributed by atoms with Crippen molar-refractivity contribution >= 4 is 17.0 Å². The van der Waals surface area contributed by atoms with E-state index in [1.165, 1.54) is 0 Å². The van der Waals surface area contributed by atoms with E-state index in [0.717, 1.165) is 10.9 Å². The van der Waals surface area contributed by atoms with Gasteiger partial charge >= 0.3 is 0 Å². The van der Waals surface area contributed by atoms with Crippen LogP contribution in [0.1, 0.15) is 32.4 Å². The van der Waals surface area contributed by atoms with Crippen LogP contribution < -0.4 is 15.8 Å². The molecule has 0 fully saturated rings. The molecule has 2 heterocycles. The number of aromatic nitrogens is 4. The average Bonchev–Trinajstić information content (AvgIpc) is 2.94. The first-order valence-electron chi connectivity index (χ1n) is 8.26. The minimum atomic E-state index is -0.366. The van der Waals surface area contributed by atoms with Gasteiger partial charge in [0.05, 0.1) is 6.20 Å². The van der Waals surface area contributed by atoms with Gasteiger partial charge in [0.1, 0.15) is 11.0 Å². The molecule has 1 aromatic carbocycles. The molecule has 3 N–H and O–H groups in total. The van der Waals surface area contributed by atoms with Gasteiger partial charge in [-0.2, -0.15) is 15.1 Å². The number of hydrogen-bond acceptors (Lipinski definition) is 6. The van der Waals surface area contributed by atoms with Crippen LogP contribution in [-0.4, -0.2) is 31.9 Å². The van der Waals surface area contributed by atoms with Crippen LogP contribution in [0.25, 0.3) is 11.0 Å². The zero-order valence-corrected chi connectivity index (χ0v) is 15.0. The summed E-state index contributed by atoms with van der Waals surface area (Å²) in [5.41, 5.74) is 7.64. The summed E-state index contributed by atoms with van der Waals surface area (Å²) in [4.78, 5) is 9.05. The van der Waals surface area contributed by atoms with Crippen molar-refractivity contribution in [2.45, 2.75) is 32.4 Å². The Morgan fingerprint density at radius 2 is 1.92 bits per heavy atom. The number of nitrogens with one attached hydrogen (secondary N) is 1. The quantitative estimate of drug-likeness (QED) is 0.742. The zero-order valence-electron chi connectivity index (χ0n) is 15.0. The highest BCUT2D eigenvalue weighted by atomic mass is 16.5. The van der Waals surface area contributed by atoms with E-state index in [0.29, 0.717) is 24.0 Å². The number of anilines is 1. The molecule has 2 aromatic heterocycles. The summed E-state index contributed by atoms with van der Waals surface area (Å²) in [5.74, 6) is 0.989. The Morgan fingerprint density at radius 1 is 1.20 bits per heavy atom. The first-order valence-corrected chi connectivity index (χ1v) is 8.26. The molecule has 0 saturated heterocycles. The van der Waals surface area contributed by atoms with E-state index in [4.69, 9.17) is 10.5 Å². The molecule has 0 aliphatic heterocycles. The highest BCUT2D eigenvalue weighted by Crippen LogP contribution is 2.26. The number of nitrogens with two attached hydrogens (primary N) is 1. The largest absolute Gasteiger partial charge is 0.471 e. The Balaban J connectivity index is 1.85. The standard InChI is InChI=1S/C18H24N6O/c1-18(2,3)25-16-13-10-21-24(4)15(13)22-17(23-16)20-11-14(19)12-8-6-5-7-9-12/h5-10,14H,11,19H2,1-4H3,(H,20,22,23). The number of fused-ring (bicyclic) bond motifs is 1. The third kappa shape index (κ3) is 4.06. The van der Waals surface area contributed by atoms with Crippen LogP contribution in [0, 0.1) is 0 Å². The van der Waals surface area contributed by atoms with Crippen molar-refractivity contribution in [1.82, 2.24) is 19.7 Å². The van der Waals surface area contributed by atoms with Crippen LogP contribution in [0.2, 0.25) is 0 Å². The van der Waals surface area contributed by atoms with Crippen LogP contribution >= 0.6 is 0 Å². The summed E-state index contributed by atoms with van der Waals surface area (Å²) in [6.07, 6.45) is 1.72. The van der Waals surface area contributed by atoms with E-state index in [9.17, 15) is 0 Å². The predicted octanol–water partition coefficient (Wildman–Crippen LogP) is 2.65. The highest BCUT2D eigenvalue weighted by molar-refractivity contribution is 5.81. The Labute approximate surface area is 147 Å². The molecule has 0 spiro atoms. The predicted molar refractivity (Wildman–Crippen MR) is 98.5 cm³/mol. The first kappa shape index (κ1) is 17.2. The average molecular weight is 340 g/mol. The molecule has 7 nitrogen and oxygen atoms in total. The third-order valence-electron chi connectivity index (χ3n) is 3.67. The molecule has 0 aliphatic carbocycles. The van der Waals surface area contributed by atoms with Gasteiger partial charge in [-0.15, -0.1) is 0 Å². The minimum absolute atomic E-state index is 0.154. The summed E-state index contributed by atoms with van der Waals surface area (Å²) < 4.78 is 7.69. The number of ether oxygens (including phenoxy) is 1. The number of nitrogens with zero attached hydrogens (tertiary/aromatic N) is 4. The van der Waals surface area contributed by atoms with E-state index >= 15 is 0 Å². The molecule has 3 aromatic rings. The van der Waals surface area contributed by atoms with Crippen molar-refractivity contribution in [3.05, 3.63) is 42.1 Å². The minimum Gasteiger partial charge on any atom is -0.471 e. The molecular weight excluding hydrogens is 316 g/mol. The highest BCUT2D eigenvalue weighted by Gasteiger charge is 2.19. The summed E-state index contributed by atoms with van der Waals surface area (Å²) in [6, 6.07) is 9.78. The summed E-state index contributed by atoms with van der Waals surface area (Å²) in [6.45, 7) is 6.46. The van der Waals surface area contributed by atoms with Crippen molar-refractivity contribution in [2.75, 3.05) is 11.9 Å². The van der Waals surface area contributed by atoms with Gasteiger partial charge in [0.25, 0.3) is 0 Å². The molecular formula is C18H24N6O. The fraction of sp³-hybridized carbons (Fsp3) is 0.389. The maximum Gasteiger partial charge on any atom is 0.230 e. The fourth-order valence-corrected chi connectivity index (χ4v) is 2.46. The number of hydrogen-bond donors (Lipinski definition) is 2. The topological polar surface area (TPSA) is 90.9 Å². The van der Waals surface area contributed by atoms with Gasteiger partial charge in [0.15, 0.2) is 5.65 Å². The van der Waals surface area contributed by atoms with Gasteiger partial charge < -0.3 is 15.8 Å². The van der Waals surface area contributed by atoms with E-state index in [1.807, 2.05) is 58.2 Å². The third-order valence-corrected chi connectivity index (χ3v) is 3.67. The summed E-state index contributed by atoms with van der Waals surface area (Å²) >= 11 is 0. The molecule has 0 aliphatic rings. The molecule has 0 radical (unpaired) electrons. The molecule has 25 heavy (non-hydrogen) atoms. The second-order valence-corrected chi connectivity index (χ2v) is 6.97. The van der Waals surface area contributed by atoms with E-state index in [2.05, 4.69) is 20.4 Å². The molecule has 3 rings (SSSR count). The second kappa shape index (κ2) is 6.68. The lowest BCUT2D eigenvalue weighted by Crippen LogP contribution is -2.25. The van der Waals surface area contributed by atoms with Crippen molar-refractivity contribution < 1.29 is 4.74 Å². The van der Waals surface area contributed by atoms with Crippen LogP contribution in [0.15, 0.2) is 36.5 Å². The van der Waals surface area contributed by atoms with E-state index in [-0.39, 0.29) is 11.6 Å². The lowest BCUT2D eigenvalue weighted by atomic mass is 10.1. The molecule has 7 heteroatoms. The number of benzene rings is 1. The van der Waals surface area contributed by atoms with Gasteiger partial charge in [0.2, 0.25) is 11.8 Å². The smallest absolute Gasteiger partial charge is 0.230 e. The van der Waals surface area contributed by atoms with E-state index in [1.54, 1.807) is 10.9 Å². The second-order valence-electron chi connectivity index (χ2n) is 6.97.